The average Bonchev–Trinajstić information content (AvgIpc) is 1.52. The molecule has 2 heterocycles. The lowest BCUT2D eigenvalue weighted by atomic mass is 9.95. The first-order chi connectivity index (χ1) is 55.9. The minimum absolute atomic E-state index is 0.815. The van der Waals surface area contributed by atoms with Crippen LogP contribution in [0.3, 0.4) is 0 Å². The first kappa shape index (κ1) is 86.1. The van der Waals surface area contributed by atoms with Gasteiger partial charge in [0.15, 0.2) is 0 Å². The summed E-state index contributed by atoms with van der Waals surface area (Å²) in [6, 6.07) is 58.2. The predicted octanol–water partition coefficient (Wildman–Crippen LogP) is 27.7. The van der Waals surface area contributed by atoms with Crippen molar-refractivity contribution in [1.29, 1.82) is 0 Å². The molecule has 0 aliphatic carbocycles. The normalized spacial score (nSPS) is 10.5. The Morgan fingerprint density at radius 1 is 0.184 bits per heavy atom. The largest absolute Gasteiger partial charge is 0.124 e. The van der Waals surface area contributed by atoms with E-state index in [2.05, 4.69) is 336 Å². The molecule has 0 radical (unpaired) electrons. The van der Waals surface area contributed by atoms with Gasteiger partial charge in [0, 0.05) is 77.9 Å². The van der Waals surface area contributed by atoms with Crippen LogP contribution in [-0.2, 0) is 77.0 Å². The molecule has 0 saturated carbocycles. The van der Waals surface area contributed by atoms with Crippen LogP contribution in [0.4, 0.5) is 0 Å². The summed E-state index contributed by atoms with van der Waals surface area (Å²) >= 11 is 3.39. The molecule has 0 aliphatic heterocycles. The number of hydrogen-bond donors (Lipinski definition) is 0. The molecule has 0 amide bonds. The van der Waals surface area contributed by atoms with Crippen LogP contribution in [0.15, 0.2) is 158 Å². The van der Waals surface area contributed by atoms with Crippen LogP contribution in [0.25, 0.3) is 9.75 Å². The van der Waals surface area contributed by atoms with E-state index >= 15 is 0 Å². The van der Waals surface area contributed by atoms with Crippen molar-refractivity contribution in [2.24, 2.45) is 0 Å². The summed E-state index contributed by atoms with van der Waals surface area (Å²) in [4.78, 5) is 3.93. The summed E-state index contributed by atoms with van der Waals surface area (Å²) in [5.41, 5.74) is 29.3. The van der Waals surface area contributed by atoms with E-state index in [1.165, 1.54) is 169 Å². The molecule has 2 aromatic heterocycles. The van der Waals surface area contributed by atoms with E-state index in [1.54, 1.807) is 22.7 Å². The van der Waals surface area contributed by atoms with E-state index in [9.17, 15) is 0 Å². The van der Waals surface area contributed by atoms with E-state index < -0.39 is 0 Å². The fraction of sp³-hybridized carbons (Fsp3) is 0.357. The molecule has 0 saturated heterocycles. The highest BCUT2D eigenvalue weighted by Gasteiger charge is 2.19. The molecule has 8 aromatic carbocycles. The molecule has 0 unspecified atom stereocenters. The van der Waals surface area contributed by atoms with Crippen LogP contribution in [0.5, 0.6) is 0 Å². The standard InChI is InChI=1S/C112H118S2/c1-13-25-29-33-37-83-41-49-87(50-42-83)57-61-99-73-95(21-9)103(77-91(99)17-5)65-67-107-81-109(71-69-105-79-93(19-7)101(75-97(105)23-11)63-59-89-53-45-85(46-54-89)39-35-31-27-15-3)113-111(107)112-108(68-66-104-78-92(18-6)100(74-96(104)22-10)62-58-88-51-43-84(44-52-88)38-34-30-26-14-2)82-110(114-112)72-70-106-80-94(20-8)102(76-98(106)24-12)64-60-90-55-47-86(48-56-90)40-36-32-28-16-4/h41-56,73-82H,13-40H2,1-12H3. The van der Waals surface area contributed by atoms with E-state index in [1.807, 2.05) is 0 Å². The van der Waals surface area contributed by atoms with Crippen LogP contribution < -0.4 is 0 Å². The molecule has 0 atom stereocenters. The zero-order valence-electron chi connectivity index (χ0n) is 70.6. The molecular formula is C112H118S2. The Bertz CT molecular complexity index is 5080. The van der Waals surface area contributed by atoms with Crippen molar-refractivity contribution in [3.05, 3.63) is 312 Å². The first-order valence-corrected chi connectivity index (χ1v) is 45.0. The van der Waals surface area contributed by atoms with E-state index in [-0.39, 0.29) is 0 Å². The Morgan fingerprint density at radius 2 is 0.368 bits per heavy atom. The topological polar surface area (TPSA) is 0 Å². The summed E-state index contributed by atoms with van der Waals surface area (Å²) in [5, 5.41) is 0. The zero-order valence-corrected chi connectivity index (χ0v) is 72.3. The predicted molar refractivity (Wildman–Crippen MR) is 493 cm³/mol. The molecule has 2 heteroatoms. The highest BCUT2D eigenvalue weighted by molar-refractivity contribution is 7.23. The Kier molecular flexibility index (Phi) is 34.8. The fourth-order valence-corrected chi connectivity index (χ4v) is 16.7. The van der Waals surface area contributed by atoms with Crippen molar-refractivity contribution < 1.29 is 0 Å². The monoisotopic (exact) mass is 1530 g/mol. The van der Waals surface area contributed by atoms with Crippen LogP contribution >= 0.6 is 22.7 Å². The number of thiophene rings is 2. The Balaban J connectivity index is 1.09. The second kappa shape index (κ2) is 46.1. The molecule has 0 N–H and O–H groups in total. The summed E-state index contributed by atoms with van der Waals surface area (Å²) in [6.45, 7) is 26.9. The lowest BCUT2D eigenvalue weighted by Crippen LogP contribution is -1.96. The number of aryl methyl sites for hydroxylation is 12. The van der Waals surface area contributed by atoms with Gasteiger partial charge in [-0.25, -0.2) is 0 Å². The van der Waals surface area contributed by atoms with Crippen molar-refractivity contribution in [3.63, 3.8) is 0 Å². The maximum absolute atomic E-state index is 3.82. The smallest absolute Gasteiger partial charge is 0.0792 e. The number of benzene rings is 8. The van der Waals surface area contributed by atoms with Crippen molar-refractivity contribution in [1.82, 2.24) is 0 Å². The Morgan fingerprint density at radius 3 is 0.561 bits per heavy atom. The average molecular weight is 1530 g/mol. The van der Waals surface area contributed by atoms with Gasteiger partial charge in [-0.05, 0) is 279 Å². The molecular weight excluding hydrogens is 1410 g/mol. The van der Waals surface area contributed by atoms with Gasteiger partial charge in [0.25, 0.3) is 0 Å². The van der Waals surface area contributed by atoms with Gasteiger partial charge >= 0.3 is 0 Å². The van der Waals surface area contributed by atoms with Crippen molar-refractivity contribution in [2.45, 2.75) is 263 Å². The highest BCUT2D eigenvalue weighted by Crippen LogP contribution is 2.40. The van der Waals surface area contributed by atoms with Gasteiger partial charge in [0.2, 0.25) is 0 Å². The number of hydrogen-bond acceptors (Lipinski definition) is 2. The second-order valence-electron chi connectivity index (χ2n) is 30.2. The van der Waals surface area contributed by atoms with Crippen LogP contribution in [0.1, 0.15) is 340 Å². The van der Waals surface area contributed by atoms with Gasteiger partial charge in [-0.15, -0.1) is 22.7 Å². The van der Waals surface area contributed by atoms with Crippen LogP contribution in [-0.4, -0.2) is 0 Å². The van der Waals surface area contributed by atoms with Gasteiger partial charge in [-0.3, -0.25) is 0 Å². The minimum Gasteiger partial charge on any atom is -0.124 e. The van der Waals surface area contributed by atoms with E-state index in [4.69, 9.17) is 0 Å². The number of unbranched alkanes of at least 4 members (excludes halogenated alkanes) is 12. The van der Waals surface area contributed by atoms with Gasteiger partial charge < -0.3 is 0 Å². The molecule has 0 aliphatic rings. The first-order valence-electron chi connectivity index (χ1n) is 43.4. The van der Waals surface area contributed by atoms with Crippen molar-refractivity contribution >= 4 is 22.7 Å². The molecule has 0 bridgehead atoms. The quantitative estimate of drug-likeness (QED) is 0.0324. The lowest BCUT2D eigenvalue weighted by molar-refractivity contribution is 0.667. The molecule has 578 valence electrons. The Hall–Kier alpha value is -10.4. The van der Waals surface area contributed by atoms with Crippen molar-refractivity contribution in [3.8, 4) is 104 Å². The maximum Gasteiger partial charge on any atom is 0.0792 e. The van der Waals surface area contributed by atoms with Gasteiger partial charge in [-0.1, -0.05) is 303 Å². The Labute approximate surface area is 697 Å². The number of rotatable bonds is 29. The molecule has 0 fully saturated rings. The SMILES string of the molecule is CCCCCCc1ccc(C#Cc2cc(CC)c(C#Cc3cc(C#Cc4cc(CC)c(C#Cc5ccc(CCCCCC)cc5)cc4CC)c(-c4sc(C#Cc5cc(CC)c(C#Cc6ccc(CCCCCC)cc6)cc5CC)cc4C#Cc4cc(CC)c(C#Cc5ccc(CCCCCC)cc5)cc4CC)s3)cc2CC)cc1. The van der Waals surface area contributed by atoms with E-state index in [0.717, 1.165) is 174 Å². The van der Waals surface area contributed by atoms with Crippen molar-refractivity contribution in [2.75, 3.05) is 0 Å². The second-order valence-corrected chi connectivity index (χ2v) is 32.3. The maximum atomic E-state index is 3.82. The third kappa shape index (κ3) is 25.3. The molecule has 114 heavy (non-hydrogen) atoms. The minimum atomic E-state index is 0.815. The molecule has 0 nitrogen and oxygen atoms in total. The van der Waals surface area contributed by atoms with Crippen LogP contribution in [0, 0.1) is 94.7 Å². The summed E-state index contributed by atoms with van der Waals surface area (Å²) in [5.74, 6) is 58.7. The van der Waals surface area contributed by atoms with Crippen LogP contribution in [0.2, 0.25) is 0 Å². The molecule has 10 aromatic rings. The summed E-state index contributed by atoms with van der Waals surface area (Å²) < 4.78 is 0. The van der Waals surface area contributed by atoms with Gasteiger partial charge in [0.1, 0.15) is 0 Å². The molecule has 10 rings (SSSR count). The van der Waals surface area contributed by atoms with Gasteiger partial charge in [-0.2, -0.15) is 0 Å². The highest BCUT2D eigenvalue weighted by atomic mass is 32.1. The fourth-order valence-electron chi connectivity index (χ4n) is 14.6. The summed E-state index contributed by atoms with van der Waals surface area (Å²) in [6.07, 6.45) is 31.3. The van der Waals surface area contributed by atoms with E-state index in [0.29, 0.717) is 0 Å². The zero-order chi connectivity index (χ0) is 80.2. The summed E-state index contributed by atoms with van der Waals surface area (Å²) in [7, 11) is 0. The third-order valence-electron chi connectivity index (χ3n) is 21.8. The lowest BCUT2D eigenvalue weighted by Gasteiger charge is -2.08. The third-order valence-corrected chi connectivity index (χ3v) is 24.1. The molecule has 0 spiro atoms. The van der Waals surface area contributed by atoms with Gasteiger partial charge in [0.05, 0.1) is 19.5 Å².